The fraction of sp³-hybridized carbons (Fsp3) is 0.880. The van der Waals surface area contributed by atoms with Crippen molar-refractivity contribution in [2.45, 2.75) is 115 Å². The molecule has 5 heteroatoms. The average Bonchev–Trinajstić information content (AvgIpc) is 2.68. The molecule has 0 saturated heterocycles. The molecule has 5 nitrogen and oxygen atoms in total. The molecule has 4 rings (SSSR count). The van der Waals surface area contributed by atoms with Crippen molar-refractivity contribution in [1.29, 1.82) is 0 Å². The lowest BCUT2D eigenvalue weighted by Crippen LogP contribution is -2.61. The van der Waals surface area contributed by atoms with Crippen molar-refractivity contribution in [3.8, 4) is 0 Å². The lowest BCUT2D eigenvalue weighted by molar-refractivity contribution is -0.119. The van der Waals surface area contributed by atoms with Gasteiger partial charge in [-0.15, -0.1) is 0 Å². The molecule has 2 N–H and O–H groups in total. The van der Waals surface area contributed by atoms with Gasteiger partial charge in [0.2, 0.25) is 0 Å². The molecule has 0 spiro atoms. The van der Waals surface area contributed by atoms with Gasteiger partial charge in [-0.05, 0) is 75.5 Å². The summed E-state index contributed by atoms with van der Waals surface area (Å²) in [5.41, 5.74) is 0.0540. The van der Waals surface area contributed by atoms with E-state index in [1.165, 1.54) is 38.5 Å². The van der Waals surface area contributed by atoms with Gasteiger partial charge in [-0.2, -0.15) is 0 Å². The van der Waals surface area contributed by atoms with Crippen molar-refractivity contribution >= 4 is 17.6 Å². The molecule has 4 fully saturated rings. The second-order valence-electron chi connectivity index (χ2n) is 10.4. The number of urea groups is 1. The Morgan fingerprint density at radius 3 is 1.80 bits per heavy atom. The molecule has 4 aliphatic carbocycles. The Bertz CT molecular complexity index is 566. The number of Topliss-reactive ketones (excluding diaryl/α,β-unsaturated/α-hetero) is 2. The van der Waals surface area contributed by atoms with Gasteiger partial charge in [0, 0.05) is 37.8 Å². The third-order valence-electron chi connectivity index (χ3n) is 7.64. The van der Waals surface area contributed by atoms with Gasteiger partial charge in [-0.3, -0.25) is 9.59 Å². The van der Waals surface area contributed by atoms with E-state index in [0.29, 0.717) is 43.8 Å². The van der Waals surface area contributed by atoms with E-state index in [9.17, 15) is 14.4 Å². The molecule has 4 aliphatic rings. The fourth-order valence-electron chi connectivity index (χ4n) is 6.51. The van der Waals surface area contributed by atoms with E-state index in [-0.39, 0.29) is 11.6 Å². The van der Waals surface area contributed by atoms with Crippen LogP contribution in [-0.2, 0) is 9.59 Å². The molecule has 30 heavy (non-hydrogen) atoms. The summed E-state index contributed by atoms with van der Waals surface area (Å²) in [4.78, 5) is 35.7. The fourth-order valence-corrected chi connectivity index (χ4v) is 6.51. The maximum atomic E-state index is 12.4. The van der Waals surface area contributed by atoms with Crippen LogP contribution in [0.15, 0.2) is 0 Å². The second kappa shape index (κ2) is 11.3. The van der Waals surface area contributed by atoms with E-state index in [0.717, 1.165) is 56.3 Å². The van der Waals surface area contributed by atoms with Gasteiger partial charge in [0.1, 0.15) is 11.6 Å². The largest absolute Gasteiger partial charge is 0.338 e. The maximum Gasteiger partial charge on any atom is 0.315 e. The first-order chi connectivity index (χ1) is 14.5. The normalized spacial score (nSPS) is 29.0. The summed E-state index contributed by atoms with van der Waals surface area (Å²) < 4.78 is 0. The van der Waals surface area contributed by atoms with Crippen LogP contribution < -0.4 is 10.6 Å². The highest BCUT2D eigenvalue weighted by Crippen LogP contribution is 2.55. The zero-order valence-corrected chi connectivity index (χ0v) is 19.0. The summed E-state index contributed by atoms with van der Waals surface area (Å²) in [5, 5.41) is 6.31. The standard InChI is InChI=1S/C25H42N2O3/c1-2-22(28)9-6-4-3-5-7-10-23(29)11-8-12-26-24(30)27-25-16-19-13-20(17-25)15-21(14-19)18-25/h19-21H,2-18H2,1H3,(H2,26,27,30). The summed E-state index contributed by atoms with van der Waals surface area (Å²) in [6.45, 7) is 2.49. The first-order valence-electron chi connectivity index (χ1n) is 12.6. The lowest BCUT2D eigenvalue weighted by atomic mass is 9.53. The zero-order valence-electron chi connectivity index (χ0n) is 19.0. The number of unbranched alkanes of at least 4 members (excludes halogenated alkanes) is 4. The molecule has 0 heterocycles. The Morgan fingerprint density at radius 1 is 0.733 bits per heavy atom. The van der Waals surface area contributed by atoms with Gasteiger partial charge in [0.25, 0.3) is 0 Å². The summed E-state index contributed by atoms with van der Waals surface area (Å²) in [5.74, 6) is 3.14. The second-order valence-corrected chi connectivity index (χ2v) is 10.4. The van der Waals surface area contributed by atoms with E-state index >= 15 is 0 Å². The summed E-state index contributed by atoms with van der Waals surface area (Å²) in [6.07, 6.45) is 16.1. The van der Waals surface area contributed by atoms with E-state index in [1.54, 1.807) is 0 Å². The zero-order chi connectivity index (χ0) is 21.4. The molecule has 170 valence electrons. The molecule has 0 aliphatic heterocycles. The van der Waals surface area contributed by atoms with Crippen molar-refractivity contribution in [1.82, 2.24) is 10.6 Å². The minimum Gasteiger partial charge on any atom is -0.338 e. The topological polar surface area (TPSA) is 75.3 Å². The van der Waals surface area contributed by atoms with Gasteiger partial charge in [-0.25, -0.2) is 4.79 Å². The molecule has 4 saturated carbocycles. The number of carbonyl (C=O) groups excluding carboxylic acids is 3. The molecule has 2 amide bonds. The number of hydrogen-bond donors (Lipinski definition) is 2. The van der Waals surface area contributed by atoms with Crippen LogP contribution in [0.3, 0.4) is 0 Å². The molecule has 0 aromatic heterocycles. The molecule has 4 bridgehead atoms. The summed E-state index contributed by atoms with van der Waals surface area (Å²) >= 11 is 0. The minimum atomic E-state index is -0.0362. The van der Waals surface area contributed by atoms with Crippen LogP contribution >= 0.6 is 0 Å². The Labute approximate surface area is 182 Å². The molecule has 0 radical (unpaired) electrons. The quantitative estimate of drug-likeness (QED) is 0.375. The Hall–Kier alpha value is -1.39. The van der Waals surface area contributed by atoms with E-state index < -0.39 is 0 Å². The van der Waals surface area contributed by atoms with Crippen molar-refractivity contribution in [2.75, 3.05) is 6.54 Å². The number of amides is 2. The smallest absolute Gasteiger partial charge is 0.315 e. The van der Waals surface area contributed by atoms with Gasteiger partial charge in [0.15, 0.2) is 0 Å². The van der Waals surface area contributed by atoms with Gasteiger partial charge in [-0.1, -0.05) is 26.2 Å². The van der Waals surface area contributed by atoms with Crippen LogP contribution in [0, 0.1) is 17.8 Å². The Balaban J connectivity index is 1.18. The van der Waals surface area contributed by atoms with Gasteiger partial charge < -0.3 is 10.6 Å². The maximum absolute atomic E-state index is 12.4. The highest BCUT2D eigenvalue weighted by Gasteiger charge is 2.51. The number of nitrogens with one attached hydrogen (secondary N) is 2. The van der Waals surface area contributed by atoms with Crippen LogP contribution in [0.1, 0.15) is 110 Å². The van der Waals surface area contributed by atoms with Crippen LogP contribution in [0.5, 0.6) is 0 Å². The molecule has 0 aromatic rings. The van der Waals surface area contributed by atoms with Crippen molar-refractivity contribution < 1.29 is 14.4 Å². The molecule has 0 atom stereocenters. The van der Waals surface area contributed by atoms with Crippen LogP contribution in [0.25, 0.3) is 0 Å². The highest BCUT2D eigenvalue weighted by atomic mass is 16.2. The number of carbonyl (C=O) groups is 3. The van der Waals surface area contributed by atoms with Crippen molar-refractivity contribution in [2.24, 2.45) is 17.8 Å². The van der Waals surface area contributed by atoms with Crippen molar-refractivity contribution in [3.05, 3.63) is 0 Å². The molecule has 0 aromatic carbocycles. The first-order valence-corrected chi connectivity index (χ1v) is 12.6. The number of rotatable bonds is 14. The van der Waals surface area contributed by atoms with Crippen LogP contribution in [0.4, 0.5) is 4.79 Å². The Kier molecular flexibility index (Phi) is 8.76. The minimum absolute atomic E-state index is 0.0362. The third kappa shape index (κ3) is 7.09. The lowest BCUT2D eigenvalue weighted by Gasteiger charge is -2.56. The SMILES string of the molecule is CCC(=O)CCCCCCCC(=O)CCCNC(=O)NC12CC3CC(CC(C3)C1)C2. The summed E-state index contributed by atoms with van der Waals surface area (Å²) in [6, 6.07) is -0.0362. The number of ketones is 2. The van der Waals surface area contributed by atoms with Gasteiger partial charge >= 0.3 is 6.03 Å². The monoisotopic (exact) mass is 418 g/mol. The predicted octanol–water partition coefficient (Wildman–Crippen LogP) is 5.31. The molecule has 0 unspecified atom stereocenters. The summed E-state index contributed by atoms with van der Waals surface area (Å²) in [7, 11) is 0. The third-order valence-corrected chi connectivity index (χ3v) is 7.64. The van der Waals surface area contributed by atoms with E-state index in [1.807, 2.05) is 6.92 Å². The first kappa shape index (κ1) is 23.3. The molecular formula is C25H42N2O3. The Morgan fingerprint density at radius 2 is 1.23 bits per heavy atom. The average molecular weight is 419 g/mol. The molecular weight excluding hydrogens is 376 g/mol. The van der Waals surface area contributed by atoms with Crippen molar-refractivity contribution in [3.63, 3.8) is 0 Å². The highest BCUT2D eigenvalue weighted by molar-refractivity contribution is 5.78. The predicted molar refractivity (Wildman–Crippen MR) is 119 cm³/mol. The van der Waals surface area contributed by atoms with E-state index in [4.69, 9.17) is 0 Å². The van der Waals surface area contributed by atoms with Crippen LogP contribution in [-0.4, -0.2) is 29.7 Å². The van der Waals surface area contributed by atoms with Gasteiger partial charge in [0.05, 0.1) is 0 Å². The number of hydrogen-bond acceptors (Lipinski definition) is 3. The van der Waals surface area contributed by atoms with Crippen LogP contribution in [0.2, 0.25) is 0 Å². The van der Waals surface area contributed by atoms with E-state index in [2.05, 4.69) is 10.6 Å².